The van der Waals surface area contributed by atoms with Gasteiger partial charge in [0.1, 0.15) is 0 Å². The molecule has 2 heterocycles. The molecule has 1 amide bonds. The van der Waals surface area contributed by atoms with Crippen molar-refractivity contribution in [1.82, 2.24) is 9.80 Å². The third-order valence-corrected chi connectivity index (χ3v) is 7.31. The molecule has 1 atom stereocenters. The Morgan fingerprint density at radius 2 is 1.79 bits per heavy atom. The fourth-order valence-electron chi connectivity index (χ4n) is 5.39. The van der Waals surface area contributed by atoms with Gasteiger partial charge < -0.3 is 9.64 Å². The number of ether oxygens (including phenoxy) is 1. The van der Waals surface area contributed by atoms with E-state index in [-0.39, 0.29) is 12.0 Å². The lowest BCUT2D eigenvalue weighted by Gasteiger charge is -2.36. The minimum atomic E-state index is 0.265. The summed E-state index contributed by atoms with van der Waals surface area (Å²) in [5.41, 5.74) is 2.84. The van der Waals surface area contributed by atoms with Crippen LogP contribution in [0.1, 0.15) is 62.5 Å². The Balaban J connectivity index is 1.30. The fourth-order valence-corrected chi connectivity index (χ4v) is 5.39. The van der Waals surface area contributed by atoms with Crippen molar-refractivity contribution in [3.8, 4) is 0 Å². The Labute approximate surface area is 176 Å². The van der Waals surface area contributed by atoms with Gasteiger partial charge in [0.05, 0.1) is 6.10 Å². The molecular weight excluding hydrogens is 360 g/mol. The number of amides is 1. The highest BCUT2D eigenvalue weighted by molar-refractivity contribution is 5.79. The zero-order valence-corrected chi connectivity index (χ0v) is 18.2. The largest absolute Gasteiger partial charge is 0.376 e. The number of piperidine rings is 1. The molecule has 0 spiro atoms. The van der Waals surface area contributed by atoms with E-state index >= 15 is 0 Å². The molecule has 1 aliphatic carbocycles. The molecular formula is C25H38N2O2. The summed E-state index contributed by atoms with van der Waals surface area (Å²) < 4.78 is 5.88. The van der Waals surface area contributed by atoms with Crippen LogP contribution in [0, 0.1) is 18.8 Å². The van der Waals surface area contributed by atoms with Gasteiger partial charge in [-0.15, -0.1) is 0 Å². The van der Waals surface area contributed by atoms with Crippen LogP contribution in [0.2, 0.25) is 0 Å². The van der Waals surface area contributed by atoms with E-state index in [1.54, 1.807) is 0 Å². The van der Waals surface area contributed by atoms with E-state index in [4.69, 9.17) is 4.74 Å². The second-order valence-corrected chi connectivity index (χ2v) is 9.51. The molecule has 2 saturated heterocycles. The lowest BCUT2D eigenvalue weighted by atomic mass is 9.94. The van der Waals surface area contributed by atoms with Gasteiger partial charge in [0.2, 0.25) is 5.91 Å². The Hall–Kier alpha value is -1.39. The molecule has 0 N–H and O–H groups in total. The van der Waals surface area contributed by atoms with Crippen molar-refractivity contribution in [1.29, 1.82) is 0 Å². The molecule has 0 radical (unpaired) electrons. The van der Waals surface area contributed by atoms with Crippen LogP contribution in [-0.2, 0) is 16.1 Å². The van der Waals surface area contributed by atoms with Gasteiger partial charge in [0.15, 0.2) is 0 Å². The van der Waals surface area contributed by atoms with E-state index in [1.807, 2.05) is 0 Å². The molecule has 4 heteroatoms. The van der Waals surface area contributed by atoms with Gasteiger partial charge in [-0.1, -0.05) is 37.1 Å². The summed E-state index contributed by atoms with van der Waals surface area (Å²) in [4.78, 5) is 18.0. The number of aryl methyl sites for hydroxylation is 1. The summed E-state index contributed by atoms with van der Waals surface area (Å²) in [6, 6.07) is 8.73. The van der Waals surface area contributed by atoms with Gasteiger partial charge in [-0.3, -0.25) is 9.69 Å². The Morgan fingerprint density at radius 1 is 1.03 bits per heavy atom. The number of benzene rings is 1. The maximum atomic E-state index is 13.2. The number of hydrogen-bond acceptors (Lipinski definition) is 3. The number of likely N-dealkylation sites (tertiary alicyclic amines) is 1. The molecule has 1 aromatic rings. The van der Waals surface area contributed by atoms with E-state index in [1.165, 1.54) is 36.8 Å². The smallest absolute Gasteiger partial charge is 0.225 e. The number of carbonyl (C=O) groups excluding carboxylic acids is 1. The SMILES string of the molecule is Cc1ccccc1CN1CCC(CN(CC2CCCO2)C(=O)C2CCCC2)CC1. The molecule has 3 aliphatic rings. The van der Waals surface area contributed by atoms with Gasteiger partial charge in [0, 0.05) is 32.2 Å². The molecule has 4 rings (SSSR count). The average Bonchev–Trinajstić information content (AvgIpc) is 3.44. The van der Waals surface area contributed by atoms with Crippen LogP contribution in [0.15, 0.2) is 24.3 Å². The molecule has 3 fully saturated rings. The highest BCUT2D eigenvalue weighted by Crippen LogP contribution is 2.29. The Morgan fingerprint density at radius 3 is 2.48 bits per heavy atom. The van der Waals surface area contributed by atoms with E-state index in [0.29, 0.717) is 11.8 Å². The summed E-state index contributed by atoms with van der Waals surface area (Å²) in [6.45, 7) is 8.17. The van der Waals surface area contributed by atoms with Gasteiger partial charge in [0.25, 0.3) is 0 Å². The quantitative estimate of drug-likeness (QED) is 0.682. The van der Waals surface area contributed by atoms with Crippen LogP contribution in [0.4, 0.5) is 0 Å². The van der Waals surface area contributed by atoms with Crippen LogP contribution >= 0.6 is 0 Å². The van der Waals surface area contributed by atoms with Crippen molar-refractivity contribution in [2.75, 3.05) is 32.8 Å². The highest BCUT2D eigenvalue weighted by atomic mass is 16.5. The first-order valence-electron chi connectivity index (χ1n) is 11.9. The normalized spacial score (nSPS) is 24.2. The first-order valence-corrected chi connectivity index (χ1v) is 11.9. The fraction of sp³-hybridized carbons (Fsp3) is 0.720. The number of hydrogen-bond donors (Lipinski definition) is 0. The van der Waals surface area contributed by atoms with Gasteiger partial charge in [-0.25, -0.2) is 0 Å². The summed E-state index contributed by atoms with van der Waals surface area (Å²) >= 11 is 0. The third-order valence-electron chi connectivity index (χ3n) is 7.31. The topological polar surface area (TPSA) is 32.8 Å². The first-order chi connectivity index (χ1) is 14.2. The second kappa shape index (κ2) is 10.1. The molecule has 2 aliphatic heterocycles. The van der Waals surface area contributed by atoms with Crippen LogP contribution in [0.3, 0.4) is 0 Å². The molecule has 0 bridgehead atoms. The van der Waals surface area contributed by atoms with Crippen LogP contribution in [0.5, 0.6) is 0 Å². The lowest BCUT2D eigenvalue weighted by molar-refractivity contribution is -0.138. The van der Waals surface area contributed by atoms with Gasteiger partial charge in [-0.05, 0) is 75.6 Å². The molecule has 0 aromatic heterocycles. The van der Waals surface area contributed by atoms with Crippen molar-refractivity contribution < 1.29 is 9.53 Å². The molecule has 1 saturated carbocycles. The van der Waals surface area contributed by atoms with Gasteiger partial charge in [-0.2, -0.15) is 0 Å². The maximum absolute atomic E-state index is 13.2. The predicted octanol–water partition coefficient (Wildman–Crippen LogP) is 4.40. The van der Waals surface area contributed by atoms with Crippen molar-refractivity contribution >= 4 is 5.91 Å². The van der Waals surface area contributed by atoms with E-state index < -0.39 is 0 Å². The second-order valence-electron chi connectivity index (χ2n) is 9.51. The summed E-state index contributed by atoms with van der Waals surface area (Å²) in [5.74, 6) is 1.33. The van der Waals surface area contributed by atoms with E-state index in [2.05, 4.69) is 41.0 Å². The number of carbonyl (C=O) groups is 1. The zero-order chi connectivity index (χ0) is 20.1. The maximum Gasteiger partial charge on any atom is 0.225 e. The van der Waals surface area contributed by atoms with Crippen molar-refractivity contribution in [3.05, 3.63) is 35.4 Å². The molecule has 1 aromatic carbocycles. The summed E-state index contributed by atoms with van der Waals surface area (Å²) in [6.07, 6.45) is 9.56. The zero-order valence-electron chi connectivity index (χ0n) is 18.2. The van der Waals surface area contributed by atoms with Crippen LogP contribution in [0.25, 0.3) is 0 Å². The van der Waals surface area contributed by atoms with Crippen molar-refractivity contribution in [3.63, 3.8) is 0 Å². The standard InChI is InChI=1S/C25H38N2O2/c1-20-7-2-3-10-23(20)18-26-14-12-21(13-15-26)17-27(19-24-11-6-16-29-24)25(28)22-8-4-5-9-22/h2-3,7,10,21-22,24H,4-6,8-9,11-19H2,1H3. The van der Waals surface area contributed by atoms with Crippen molar-refractivity contribution in [2.24, 2.45) is 11.8 Å². The van der Waals surface area contributed by atoms with Crippen molar-refractivity contribution in [2.45, 2.75) is 70.9 Å². The Bertz CT molecular complexity index is 657. The van der Waals surface area contributed by atoms with E-state index in [0.717, 1.165) is 65.0 Å². The van der Waals surface area contributed by atoms with Crippen LogP contribution in [-0.4, -0.2) is 54.6 Å². The molecule has 4 nitrogen and oxygen atoms in total. The monoisotopic (exact) mass is 398 g/mol. The summed E-state index contributed by atoms with van der Waals surface area (Å²) in [5, 5.41) is 0. The highest BCUT2D eigenvalue weighted by Gasteiger charge is 2.32. The number of rotatable bonds is 7. The summed E-state index contributed by atoms with van der Waals surface area (Å²) in [7, 11) is 0. The minimum Gasteiger partial charge on any atom is -0.376 e. The predicted molar refractivity (Wildman–Crippen MR) is 117 cm³/mol. The van der Waals surface area contributed by atoms with Crippen LogP contribution < -0.4 is 0 Å². The average molecular weight is 399 g/mol. The Kier molecular flexibility index (Phi) is 7.25. The lowest BCUT2D eigenvalue weighted by Crippen LogP contribution is -2.45. The minimum absolute atomic E-state index is 0.265. The molecule has 160 valence electrons. The first kappa shape index (κ1) is 20.9. The third kappa shape index (κ3) is 5.61. The van der Waals surface area contributed by atoms with E-state index in [9.17, 15) is 4.79 Å². The molecule has 29 heavy (non-hydrogen) atoms. The molecule has 1 unspecified atom stereocenters. The number of nitrogens with zero attached hydrogens (tertiary/aromatic N) is 2. The van der Waals surface area contributed by atoms with Gasteiger partial charge >= 0.3 is 0 Å².